The summed E-state index contributed by atoms with van der Waals surface area (Å²) in [5.41, 5.74) is 0. The Morgan fingerprint density at radius 1 is 1.62 bits per heavy atom. The maximum Gasteiger partial charge on any atom is 0.102 e. The van der Waals surface area contributed by atoms with Gasteiger partial charge < -0.3 is 5.11 Å². The van der Waals surface area contributed by atoms with Gasteiger partial charge in [0.15, 0.2) is 0 Å². The van der Waals surface area contributed by atoms with Crippen molar-refractivity contribution in [2.24, 2.45) is 0 Å². The molecule has 0 aromatic carbocycles. The molecule has 1 atom stereocenters. The van der Waals surface area contributed by atoms with Crippen molar-refractivity contribution in [3.05, 3.63) is 0 Å². The Balaban J connectivity index is 2.01. The molecule has 2 heteroatoms. The molecule has 1 fully saturated rings. The summed E-state index contributed by atoms with van der Waals surface area (Å²) in [6.45, 7) is 1.76. The minimum atomic E-state index is -0.319. The van der Waals surface area contributed by atoms with Gasteiger partial charge in [-0.15, -0.1) is 0 Å². The Kier molecular flexibility index (Phi) is 1.86. The van der Waals surface area contributed by atoms with Crippen LogP contribution in [0.5, 0.6) is 0 Å². The number of hydrogen-bond donors (Lipinski definition) is 2. The van der Waals surface area contributed by atoms with Crippen molar-refractivity contribution in [1.29, 1.82) is 0 Å². The molecule has 0 amide bonds. The van der Waals surface area contributed by atoms with Crippen LogP contribution >= 0.6 is 0 Å². The van der Waals surface area contributed by atoms with Gasteiger partial charge in [0.2, 0.25) is 0 Å². The quantitative estimate of drug-likeness (QED) is 0.513. The van der Waals surface area contributed by atoms with E-state index in [0.717, 1.165) is 0 Å². The fraction of sp³-hybridized carbons (Fsp3) is 1.00. The smallest absolute Gasteiger partial charge is 0.102 e. The van der Waals surface area contributed by atoms with Crippen LogP contribution in [0.15, 0.2) is 0 Å². The van der Waals surface area contributed by atoms with Gasteiger partial charge in [0.05, 0.1) is 0 Å². The molecule has 0 radical (unpaired) electrons. The molecule has 0 spiro atoms. The van der Waals surface area contributed by atoms with E-state index in [-0.39, 0.29) is 6.23 Å². The number of aliphatic hydroxyl groups excluding tert-OH is 1. The highest BCUT2D eigenvalue weighted by atomic mass is 16.3. The SMILES string of the molecule is CC(O)NC1CCC1. The van der Waals surface area contributed by atoms with E-state index >= 15 is 0 Å². The molecule has 0 aromatic heterocycles. The van der Waals surface area contributed by atoms with E-state index in [1.807, 2.05) is 0 Å². The Bertz CT molecular complexity index is 68.9. The fourth-order valence-electron chi connectivity index (χ4n) is 0.916. The van der Waals surface area contributed by atoms with E-state index in [9.17, 15) is 0 Å². The molecule has 2 N–H and O–H groups in total. The Labute approximate surface area is 49.9 Å². The molecule has 0 aromatic rings. The number of aliphatic hydroxyl groups is 1. The van der Waals surface area contributed by atoms with Crippen LogP contribution in [-0.2, 0) is 0 Å². The first kappa shape index (κ1) is 6.05. The lowest BCUT2D eigenvalue weighted by Crippen LogP contribution is -2.40. The molecule has 1 rings (SSSR count). The van der Waals surface area contributed by atoms with E-state index in [0.29, 0.717) is 6.04 Å². The highest BCUT2D eigenvalue weighted by Gasteiger charge is 2.17. The van der Waals surface area contributed by atoms with E-state index in [1.54, 1.807) is 6.92 Å². The van der Waals surface area contributed by atoms with Gasteiger partial charge in [0.25, 0.3) is 0 Å². The van der Waals surface area contributed by atoms with Crippen LogP contribution in [0, 0.1) is 0 Å². The van der Waals surface area contributed by atoms with Crippen molar-refractivity contribution < 1.29 is 5.11 Å². The summed E-state index contributed by atoms with van der Waals surface area (Å²) in [6.07, 6.45) is 3.49. The zero-order valence-electron chi connectivity index (χ0n) is 5.22. The zero-order valence-corrected chi connectivity index (χ0v) is 5.22. The molecule has 1 saturated carbocycles. The number of nitrogens with one attached hydrogen (secondary N) is 1. The van der Waals surface area contributed by atoms with E-state index < -0.39 is 0 Å². The summed E-state index contributed by atoms with van der Waals surface area (Å²) in [5.74, 6) is 0. The topological polar surface area (TPSA) is 32.3 Å². The summed E-state index contributed by atoms with van der Waals surface area (Å²) >= 11 is 0. The highest BCUT2D eigenvalue weighted by Crippen LogP contribution is 2.17. The first-order valence-electron chi connectivity index (χ1n) is 3.23. The minimum Gasteiger partial charge on any atom is -0.379 e. The lowest BCUT2D eigenvalue weighted by molar-refractivity contribution is 0.120. The second-order valence-corrected chi connectivity index (χ2v) is 2.47. The van der Waals surface area contributed by atoms with Crippen LogP contribution in [0.1, 0.15) is 26.2 Å². The molecule has 0 aliphatic heterocycles. The summed E-state index contributed by atoms with van der Waals surface area (Å²) in [4.78, 5) is 0. The third-order valence-corrected chi connectivity index (χ3v) is 1.58. The van der Waals surface area contributed by atoms with Crippen LogP contribution in [0.3, 0.4) is 0 Å². The molecule has 1 unspecified atom stereocenters. The van der Waals surface area contributed by atoms with Crippen LogP contribution in [0.4, 0.5) is 0 Å². The van der Waals surface area contributed by atoms with Gasteiger partial charge in [-0.2, -0.15) is 0 Å². The van der Waals surface area contributed by atoms with Crippen LogP contribution in [0.2, 0.25) is 0 Å². The number of rotatable bonds is 2. The van der Waals surface area contributed by atoms with Crippen LogP contribution < -0.4 is 5.32 Å². The molecular weight excluding hydrogens is 102 g/mol. The predicted octanol–water partition coefficient (Wildman–Crippen LogP) is 0.467. The highest BCUT2D eigenvalue weighted by molar-refractivity contribution is 4.75. The van der Waals surface area contributed by atoms with Gasteiger partial charge in [0, 0.05) is 6.04 Å². The maximum atomic E-state index is 8.78. The summed E-state index contributed by atoms with van der Waals surface area (Å²) in [5, 5.41) is 11.8. The third-order valence-electron chi connectivity index (χ3n) is 1.58. The Morgan fingerprint density at radius 2 is 2.25 bits per heavy atom. The molecular formula is C6H13NO. The first-order valence-corrected chi connectivity index (χ1v) is 3.23. The van der Waals surface area contributed by atoms with Gasteiger partial charge in [-0.3, -0.25) is 5.32 Å². The van der Waals surface area contributed by atoms with E-state index in [2.05, 4.69) is 5.32 Å². The van der Waals surface area contributed by atoms with Crippen molar-refractivity contribution in [2.75, 3.05) is 0 Å². The molecule has 48 valence electrons. The van der Waals surface area contributed by atoms with Crippen molar-refractivity contribution in [3.8, 4) is 0 Å². The van der Waals surface area contributed by atoms with E-state index in [4.69, 9.17) is 5.11 Å². The van der Waals surface area contributed by atoms with Crippen molar-refractivity contribution in [3.63, 3.8) is 0 Å². The molecule has 1 aliphatic rings. The molecule has 0 bridgehead atoms. The van der Waals surface area contributed by atoms with Gasteiger partial charge in [0.1, 0.15) is 6.23 Å². The van der Waals surface area contributed by atoms with Crippen molar-refractivity contribution in [1.82, 2.24) is 5.32 Å². The van der Waals surface area contributed by atoms with Crippen molar-refractivity contribution in [2.45, 2.75) is 38.5 Å². The average Bonchev–Trinajstić information content (AvgIpc) is 1.55. The molecule has 1 aliphatic carbocycles. The lowest BCUT2D eigenvalue weighted by Gasteiger charge is -2.27. The van der Waals surface area contributed by atoms with Gasteiger partial charge in [-0.1, -0.05) is 6.42 Å². The Morgan fingerprint density at radius 3 is 2.38 bits per heavy atom. The second kappa shape index (κ2) is 2.46. The summed E-state index contributed by atoms with van der Waals surface area (Å²) in [7, 11) is 0. The largest absolute Gasteiger partial charge is 0.379 e. The van der Waals surface area contributed by atoms with Gasteiger partial charge in [-0.05, 0) is 19.8 Å². The normalized spacial score (nSPS) is 24.8. The van der Waals surface area contributed by atoms with Gasteiger partial charge >= 0.3 is 0 Å². The average molecular weight is 115 g/mol. The first-order chi connectivity index (χ1) is 3.79. The van der Waals surface area contributed by atoms with Crippen molar-refractivity contribution >= 4 is 0 Å². The van der Waals surface area contributed by atoms with Crippen LogP contribution in [0.25, 0.3) is 0 Å². The van der Waals surface area contributed by atoms with Gasteiger partial charge in [-0.25, -0.2) is 0 Å². The third kappa shape index (κ3) is 1.46. The standard InChI is InChI=1S/C6H13NO/c1-5(8)7-6-3-2-4-6/h5-8H,2-4H2,1H3. The Hall–Kier alpha value is -0.0800. The maximum absolute atomic E-state index is 8.78. The molecule has 0 heterocycles. The second-order valence-electron chi connectivity index (χ2n) is 2.47. The number of hydrogen-bond acceptors (Lipinski definition) is 2. The van der Waals surface area contributed by atoms with Crippen LogP contribution in [-0.4, -0.2) is 17.4 Å². The monoisotopic (exact) mass is 115 g/mol. The fourth-order valence-corrected chi connectivity index (χ4v) is 0.916. The lowest BCUT2D eigenvalue weighted by atomic mass is 9.93. The summed E-state index contributed by atoms with van der Waals surface area (Å²) < 4.78 is 0. The predicted molar refractivity (Wildman–Crippen MR) is 32.5 cm³/mol. The van der Waals surface area contributed by atoms with E-state index in [1.165, 1.54) is 19.3 Å². The zero-order chi connectivity index (χ0) is 5.98. The molecule has 0 saturated heterocycles. The molecule has 8 heavy (non-hydrogen) atoms. The summed E-state index contributed by atoms with van der Waals surface area (Å²) in [6, 6.07) is 0.606. The molecule has 2 nitrogen and oxygen atoms in total. The minimum absolute atomic E-state index is 0.319.